The number of fused-ring (bicyclic) bond motifs is 2. The minimum Gasteiger partial charge on any atom is -0.465 e. The Morgan fingerprint density at radius 3 is 1.57 bits per heavy atom. The molecule has 2 bridgehead atoms. The van der Waals surface area contributed by atoms with E-state index in [0.29, 0.717) is 13.2 Å². The van der Waals surface area contributed by atoms with Crippen LogP contribution in [0.4, 0.5) is 0 Å². The highest BCUT2D eigenvalue weighted by molar-refractivity contribution is 5.86. The van der Waals surface area contributed by atoms with Crippen LogP contribution in [0.3, 0.4) is 0 Å². The lowest BCUT2D eigenvalue weighted by molar-refractivity contribution is -0.165. The molecule has 1 saturated carbocycles. The first-order valence-electron chi connectivity index (χ1n) is 8.63. The van der Waals surface area contributed by atoms with Gasteiger partial charge in [-0.25, -0.2) is 0 Å². The monoisotopic (exact) mass is 322 g/mol. The third-order valence-corrected chi connectivity index (χ3v) is 4.99. The van der Waals surface area contributed by atoms with Crippen molar-refractivity contribution in [2.24, 2.45) is 34.5 Å². The molecule has 0 amide bonds. The summed E-state index contributed by atoms with van der Waals surface area (Å²) in [5.74, 6) is -0.862. The first-order chi connectivity index (χ1) is 10.6. The lowest BCUT2D eigenvalue weighted by Gasteiger charge is -2.33. The lowest BCUT2D eigenvalue weighted by atomic mass is 9.71. The van der Waals surface area contributed by atoms with E-state index in [0.717, 1.165) is 6.42 Å². The van der Waals surface area contributed by atoms with Crippen molar-refractivity contribution in [1.82, 2.24) is 0 Å². The first-order valence-corrected chi connectivity index (χ1v) is 8.63. The summed E-state index contributed by atoms with van der Waals surface area (Å²) in [4.78, 5) is 25.4. The van der Waals surface area contributed by atoms with Crippen LogP contribution in [0.25, 0.3) is 0 Å². The van der Waals surface area contributed by atoms with Crippen LogP contribution in [0, 0.1) is 34.5 Å². The molecule has 0 aromatic carbocycles. The maximum atomic E-state index is 12.7. The van der Waals surface area contributed by atoms with E-state index in [9.17, 15) is 9.59 Å². The molecule has 4 nitrogen and oxygen atoms in total. The Morgan fingerprint density at radius 2 is 1.26 bits per heavy atom. The van der Waals surface area contributed by atoms with Crippen LogP contribution in [0.15, 0.2) is 12.2 Å². The molecule has 0 N–H and O–H groups in total. The van der Waals surface area contributed by atoms with Gasteiger partial charge in [-0.15, -0.1) is 0 Å². The highest BCUT2D eigenvalue weighted by Gasteiger charge is 2.64. The second kappa shape index (κ2) is 6.29. The second-order valence-corrected chi connectivity index (χ2v) is 8.52. The van der Waals surface area contributed by atoms with Gasteiger partial charge in [0, 0.05) is 10.8 Å². The second-order valence-electron chi connectivity index (χ2n) is 8.52. The van der Waals surface area contributed by atoms with E-state index in [1.54, 1.807) is 0 Å². The van der Waals surface area contributed by atoms with Crippen LogP contribution < -0.4 is 0 Å². The van der Waals surface area contributed by atoms with E-state index < -0.39 is 11.8 Å². The zero-order chi connectivity index (χ0) is 17.4. The van der Waals surface area contributed by atoms with Crippen molar-refractivity contribution in [1.29, 1.82) is 0 Å². The van der Waals surface area contributed by atoms with Crippen molar-refractivity contribution in [2.45, 2.75) is 48.0 Å². The zero-order valence-corrected chi connectivity index (χ0v) is 15.2. The molecule has 2 rings (SSSR count). The van der Waals surface area contributed by atoms with Gasteiger partial charge < -0.3 is 9.47 Å². The maximum Gasteiger partial charge on any atom is 0.310 e. The van der Waals surface area contributed by atoms with E-state index in [4.69, 9.17) is 9.47 Å². The molecule has 2 aliphatic rings. The Hall–Kier alpha value is -1.32. The Labute approximate surface area is 139 Å². The van der Waals surface area contributed by atoms with Gasteiger partial charge in [0.05, 0.1) is 25.0 Å². The third kappa shape index (κ3) is 3.46. The number of allylic oxidation sites excluding steroid dienone is 2. The maximum absolute atomic E-state index is 12.7. The number of carbonyl (C=O) groups is 2. The third-order valence-electron chi connectivity index (χ3n) is 4.99. The minimum atomic E-state index is -0.448. The molecule has 0 aromatic heterocycles. The Bertz CT molecular complexity index is 463. The number of carbonyl (C=O) groups excluding carboxylic acids is 2. The first kappa shape index (κ1) is 18.0. The van der Waals surface area contributed by atoms with Gasteiger partial charge in [-0.05, 0) is 18.3 Å². The summed E-state index contributed by atoms with van der Waals surface area (Å²) in [6, 6.07) is 0. The SMILES string of the molecule is CC(C)COC(=O)C1C(C(=O)OCC(C)C)C2(C)C=CC1(C)C2. The molecule has 4 heteroatoms. The molecule has 0 aliphatic heterocycles. The predicted octanol–water partition coefficient (Wildman–Crippen LogP) is 3.60. The average Bonchev–Trinajstić information content (AvgIpc) is 2.88. The highest BCUT2D eigenvalue weighted by Crippen LogP contribution is 2.63. The standard InChI is InChI=1S/C19H30O4/c1-12(2)9-22-16(20)14-15(17(21)23-10-13(3)4)19(6)8-7-18(14,5)11-19/h7-8,12-15H,9-11H2,1-6H3. The summed E-state index contributed by atoms with van der Waals surface area (Å²) in [6.07, 6.45) is 4.96. The quantitative estimate of drug-likeness (QED) is 0.554. The highest BCUT2D eigenvalue weighted by atomic mass is 16.5. The fraction of sp³-hybridized carbons (Fsp3) is 0.789. The summed E-state index contributed by atoms with van der Waals surface area (Å²) in [5.41, 5.74) is -0.630. The fourth-order valence-electron chi connectivity index (χ4n) is 4.00. The largest absolute Gasteiger partial charge is 0.465 e. The van der Waals surface area contributed by atoms with Gasteiger partial charge in [0.1, 0.15) is 0 Å². The van der Waals surface area contributed by atoms with Crippen LogP contribution in [0.1, 0.15) is 48.0 Å². The molecule has 0 saturated heterocycles. The molecule has 2 aliphatic carbocycles. The number of hydrogen-bond acceptors (Lipinski definition) is 4. The van der Waals surface area contributed by atoms with Gasteiger partial charge in [-0.3, -0.25) is 9.59 Å². The van der Waals surface area contributed by atoms with Crippen molar-refractivity contribution < 1.29 is 19.1 Å². The van der Waals surface area contributed by atoms with Crippen molar-refractivity contribution >= 4 is 11.9 Å². The van der Waals surface area contributed by atoms with E-state index >= 15 is 0 Å². The summed E-state index contributed by atoms with van der Waals surface area (Å²) in [7, 11) is 0. The topological polar surface area (TPSA) is 52.6 Å². The van der Waals surface area contributed by atoms with Gasteiger partial charge >= 0.3 is 11.9 Å². The summed E-state index contributed by atoms with van der Waals surface area (Å²) < 4.78 is 11.0. The van der Waals surface area contributed by atoms with Crippen molar-refractivity contribution in [3.05, 3.63) is 12.2 Å². The lowest BCUT2D eigenvalue weighted by Crippen LogP contribution is -2.42. The molecule has 0 heterocycles. The number of rotatable bonds is 6. The van der Waals surface area contributed by atoms with E-state index in [2.05, 4.69) is 12.2 Å². The Balaban J connectivity index is 2.21. The van der Waals surface area contributed by atoms with Crippen molar-refractivity contribution in [2.75, 3.05) is 13.2 Å². The number of ether oxygens (including phenoxy) is 2. The molecule has 4 unspecified atom stereocenters. The molecule has 0 radical (unpaired) electrons. The van der Waals surface area contributed by atoms with Gasteiger partial charge in [-0.1, -0.05) is 53.7 Å². The Kier molecular flexibility index (Phi) is 4.93. The Morgan fingerprint density at radius 1 is 0.913 bits per heavy atom. The fourth-order valence-corrected chi connectivity index (χ4v) is 4.00. The van der Waals surface area contributed by atoms with E-state index in [-0.39, 0.29) is 34.6 Å². The van der Waals surface area contributed by atoms with Gasteiger partial charge in [0.15, 0.2) is 0 Å². The summed E-state index contributed by atoms with van der Waals surface area (Å²) in [6.45, 7) is 12.9. The van der Waals surface area contributed by atoms with E-state index in [1.807, 2.05) is 41.5 Å². The van der Waals surface area contributed by atoms with Crippen LogP contribution in [-0.4, -0.2) is 25.2 Å². The molecular formula is C19H30O4. The van der Waals surface area contributed by atoms with Crippen molar-refractivity contribution in [3.63, 3.8) is 0 Å². The molecule has 4 atom stereocenters. The average molecular weight is 322 g/mol. The minimum absolute atomic E-state index is 0.263. The van der Waals surface area contributed by atoms with E-state index in [1.165, 1.54) is 0 Å². The van der Waals surface area contributed by atoms with Gasteiger partial charge in [0.2, 0.25) is 0 Å². The summed E-state index contributed by atoms with van der Waals surface area (Å²) >= 11 is 0. The van der Waals surface area contributed by atoms with Crippen LogP contribution in [-0.2, 0) is 19.1 Å². The molecule has 1 fully saturated rings. The van der Waals surface area contributed by atoms with Crippen LogP contribution in [0.2, 0.25) is 0 Å². The normalized spacial score (nSPS) is 35.1. The van der Waals surface area contributed by atoms with Crippen LogP contribution in [0.5, 0.6) is 0 Å². The van der Waals surface area contributed by atoms with Crippen LogP contribution >= 0.6 is 0 Å². The van der Waals surface area contributed by atoms with Gasteiger partial charge in [-0.2, -0.15) is 0 Å². The predicted molar refractivity (Wildman–Crippen MR) is 88.5 cm³/mol. The molecule has 0 spiro atoms. The molecule has 23 heavy (non-hydrogen) atoms. The van der Waals surface area contributed by atoms with Crippen molar-refractivity contribution in [3.8, 4) is 0 Å². The molecular weight excluding hydrogens is 292 g/mol. The summed E-state index contributed by atoms with van der Waals surface area (Å²) in [5, 5.41) is 0. The zero-order valence-electron chi connectivity index (χ0n) is 15.2. The number of esters is 2. The van der Waals surface area contributed by atoms with Gasteiger partial charge in [0.25, 0.3) is 0 Å². The molecule has 130 valence electrons. The number of hydrogen-bond donors (Lipinski definition) is 0. The smallest absolute Gasteiger partial charge is 0.310 e. The molecule has 0 aromatic rings.